The molecule has 3 aromatic rings. The van der Waals surface area contributed by atoms with Gasteiger partial charge in [-0.15, -0.1) is 11.3 Å². The summed E-state index contributed by atoms with van der Waals surface area (Å²) in [4.78, 5) is -0.399. The molecule has 3 rings (SSSR count). The van der Waals surface area contributed by atoms with E-state index >= 15 is 0 Å². The van der Waals surface area contributed by atoms with E-state index in [1.54, 1.807) is 5.38 Å². The summed E-state index contributed by atoms with van der Waals surface area (Å²) in [7, 11) is -8.38. The minimum absolute atomic E-state index is 0.00997. The van der Waals surface area contributed by atoms with Gasteiger partial charge in [-0.3, -0.25) is 9.44 Å². The largest absolute Gasteiger partial charge is 0.435 e. The lowest BCUT2D eigenvalue weighted by atomic mass is 10.3. The fourth-order valence-corrected chi connectivity index (χ4v) is 5.84. The summed E-state index contributed by atoms with van der Waals surface area (Å²) in [6.07, 6.45) is 0. The lowest BCUT2D eigenvalue weighted by molar-refractivity contribution is -0.0499. The molecule has 1 heterocycles. The van der Waals surface area contributed by atoms with Crippen LogP contribution in [0.1, 0.15) is 0 Å². The maximum atomic E-state index is 12.8. The highest BCUT2D eigenvalue weighted by atomic mass is 35.5. The maximum absolute atomic E-state index is 12.8. The normalized spacial score (nSPS) is 12.0. The van der Waals surface area contributed by atoms with Crippen molar-refractivity contribution in [2.24, 2.45) is 0 Å². The van der Waals surface area contributed by atoms with Crippen LogP contribution in [0.5, 0.6) is 5.75 Å². The molecule has 0 fully saturated rings. The standard InChI is InChI=1S/C17H12Cl2F2N2O5S3/c18-12-8-14(15(9-13(12)19)23-31(26,27)16-5-2-6-29-16)22-30(24,25)11-4-1-3-10(7-11)28-17(20)21/h1-9,17,22-23H. The summed E-state index contributed by atoms with van der Waals surface area (Å²) in [6, 6.07) is 9.56. The van der Waals surface area contributed by atoms with E-state index in [9.17, 15) is 25.6 Å². The fraction of sp³-hybridized carbons (Fsp3) is 0.0588. The SMILES string of the molecule is O=S(=O)(Nc1cc(Cl)c(Cl)cc1NS(=O)(=O)c1cccs1)c1cccc(OC(F)F)c1. The second-order valence-corrected chi connectivity index (χ2v) is 11.2. The molecular weight excluding hydrogens is 517 g/mol. The molecule has 0 bridgehead atoms. The third-order valence-electron chi connectivity index (χ3n) is 3.65. The smallest absolute Gasteiger partial charge is 0.387 e. The van der Waals surface area contributed by atoms with Gasteiger partial charge in [-0.1, -0.05) is 35.3 Å². The van der Waals surface area contributed by atoms with Gasteiger partial charge in [-0.2, -0.15) is 8.78 Å². The Labute approximate surface area is 190 Å². The van der Waals surface area contributed by atoms with Gasteiger partial charge in [0.15, 0.2) is 0 Å². The van der Waals surface area contributed by atoms with Gasteiger partial charge in [-0.05, 0) is 35.7 Å². The lowest BCUT2D eigenvalue weighted by Crippen LogP contribution is -2.17. The van der Waals surface area contributed by atoms with Crippen molar-refractivity contribution in [1.82, 2.24) is 0 Å². The first-order valence-electron chi connectivity index (χ1n) is 8.11. The molecule has 0 radical (unpaired) electrons. The fourth-order valence-electron chi connectivity index (χ4n) is 2.35. The third kappa shape index (κ3) is 5.77. The van der Waals surface area contributed by atoms with E-state index < -0.39 is 31.6 Å². The van der Waals surface area contributed by atoms with E-state index in [4.69, 9.17) is 23.2 Å². The van der Waals surface area contributed by atoms with Crippen LogP contribution >= 0.6 is 34.5 Å². The van der Waals surface area contributed by atoms with E-state index in [-0.39, 0.29) is 31.4 Å². The Kier molecular flexibility index (Phi) is 6.96. The number of halogens is 4. The number of thiophene rings is 1. The molecule has 2 aromatic carbocycles. The number of nitrogens with one attached hydrogen (secondary N) is 2. The van der Waals surface area contributed by atoms with Crippen molar-refractivity contribution in [3.05, 3.63) is 64.0 Å². The number of hydrogen-bond donors (Lipinski definition) is 2. The average Bonchev–Trinajstić information content (AvgIpc) is 3.21. The first kappa shape index (κ1) is 23.5. The van der Waals surface area contributed by atoms with E-state index in [1.807, 2.05) is 0 Å². The molecular formula is C17H12Cl2F2N2O5S3. The molecule has 0 aliphatic carbocycles. The van der Waals surface area contributed by atoms with E-state index in [2.05, 4.69) is 14.2 Å². The van der Waals surface area contributed by atoms with Gasteiger partial charge >= 0.3 is 6.61 Å². The molecule has 0 atom stereocenters. The molecule has 0 amide bonds. The molecule has 0 saturated carbocycles. The lowest BCUT2D eigenvalue weighted by Gasteiger charge is -2.16. The van der Waals surface area contributed by atoms with Gasteiger partial charge in [0.1, 0.15) is 9.96 Å². The zero-order valence-electron chi connectivity index (χ0n) is 15.1. The summed E-state index contributed by atoms with van der Waals surface area (Å²) in [5.74, 6) is -0.370. The molecule has 0 aliphatic heterocycles. The first-order valence-corrected chi connectivity index (χ1v) is 12.7. The van der Waals surface area contributed by atoms with Crippen LogP contribution in [0.15, 0.2) is 63.0 Å². The molecule has 166 valence electrons. The van der Waals surface area contributed by atoms with Crippen LogP contribution in [0, 0.1) is 0 Å². The number of ether oxygens (including phenoxy) is 1. The van der Waals surface area contributed by atoms with Crippen molar-refractivity contribution >= 4 is 66.0 Å². The van der Waals surface area contributed by atoms with Crippen molar-refractivity contribution < 1.29 is 30.4 Å². The minimum atomic E-state index is -4.34. The summed E-state index contributed by atoms with van der Waals surface area (Å²) in [5.41, 5.74) is -0.416. The van der Waals surface area contributed by atoms with Crippen LogP contribution in [0.2, 0.25) is 10.0 Å². The minimum Gasteiger partial charge on any atom is -0.435 e. The number of rotatable bonds is 8. The Morgan fingerprint density at radius 2 is 1.48 bits per heavy atom. The van der Waals surface area contributed by atoms with E-state index in [1.165, 1.54) is 18.2 Å². The maximum Gasteiger partial charge on any atom is 0.387 e. The quantitative estimate of drug-likeness (QED) is 0.415. The molecule has 0 aliphatic rings. The molecule has 31 heavy (non-hydrogen) atoms. The Morgan fingerprint density at radius 1 is 0.871 bits per heavy atom. The van der Waals surface area contributed by atoms with Crippen LogP contribution in [0.25, 0.3) is 0 Å². The van der Waals surface area contributed by atoms with Gasteiger partial charge in [0.05, 0.1) is 26.3 Å². The summed E-state index contributed by atoms with van der Waals surface area (Å²) < 4.78 is 84.2. The van der Waals surface area contributed by atoms with Crippen molar-refractivity contribution in [3.8, 4) is 5.75 Å². The Hall–Kier alpha value is -2.12. The summed E-state index contributed by atoms with van der Waals surface area (Å²) in [6.45, 7) is -3.14. The van der Waals surface area contributed by atoms with Crippen molar-refractivity contribution in [2.75, 3.05) is 9.44 Å². The van der Waals surface area contributed by atoms with E-state index in [0.717, 1.165) is 41.7 Å². The van der Waals surface area contributed by atoms with Gasteiger partial charge in [0.25, 0.3) is 20.0 Å². The number of anilines is 2. The van der Waals surface area contributed by atoms with Crippen LogP contribution in [0.4, 0.5) is 20.2 Å². The van der Waals surface area contributed by atoms with Crippen LogP contribution in [-0.2, 0) is 20.0 Å². The first-order chi connectivity index (χ1) is 14.5. The average molecular weight is 529 g/mol. The second-order valence-electron chi connectivity index (χ2n) is 5.81. The predicted octanol–water partition coefficient (Wildman–Crippen LogP) is 5.26. The molecule has 14 heteroatoms. The van der Waals surface area contributed by atoms with Crippen molar-refractivity contribution in [2.45, 2.75) is 15.7 Å². The molecule has 0 saturated heterocycles. The second kappa shape index (κ2) is 9.17. The topological polar surface area (TPSA) is 102 Å². The highest BCUT2D eigenvalue weighted by Crippen LogP contribution is 2.36. The zero-order valence-corrected chi connectivity index (χ0v) is 19.0. The van der Waals surface area contributed by atoms with E-state index in [0.29, 0.717) is 0 Å². The van der Waals surface area contributed by atoms with Crippen molar-refractivity contribution in [3.63, 3.8) is 0 Å². The van der Waals surface area contributed by atoms with Gasteiger partial charge in [0.2, 0.25) is 0 Å². The molecule has 0 spiro atoms. The predicted molar refractivity (Wildman–Crippen MR) is 115 cm³/mol. The Morgan fingerprint density at radius 3 is 2.03 bits per heavy atom. The Balaban J connectivity index is 1.98. The Bertz CT molecular complexity index is 1300. The number of sulfonamides is 2. The van der Waals surface area contributed by atoms with Crippen LogP contribution < -0.4 is 14.2 Å². The highest BCUT2D eigenvalue weighted by Gasteiger charge is 2.22. The van der Waals surface area contributed by atoms with Gasteiger partial charge in [-0.25, -0.2) is 16.8 Å². The molecule has 1 aromatic heterocycles. The highest BCUT2D eigenvalue weighted by molar-refractivity contribution is 7.94. The number of hydrogen-bond acceptors (Lipinski definition) is 6. The third-order valence-corrected chi connectivity index (χ3v) is 8.50. The zero-order chi connectivity index (χ0) is 22.8. The molecule has 7 nitrogen and oxygen atoms in total. The summed E-state index contributed by atoms with van der Waals surface area (Å²) in [5, 5.41) is 1.48. The van der Waals surface area contributed by atoms with Crippen LogP contribution in [0.3, 0.4) is 0 Å². The molecule has 0 unspecified atom stereocenters. The van der Waals surface area contributed by atoms with Gasteiger partial charge in [0, 0.05) is 6.07 Å². The van der Waals surface area contributed by atoms with Gasteiger partial charge < -0.3 is 4.74 Å². The monoisotopic (exact) mass is 528 g/mol. The number of alkyl halides is 2. The molecule has 2 N–H and O–H groups in total. The number of benzene rings is 2. The van der Waals surface area contributed by atoms with Crippen molar-refractivity contribution in [1.29, 1.82) is 0 Å². The summed E-state index contributed by atoms with van der Waals surface area (Å²) >= 11 is 12.9. The van der Waals surface area contributed by atoms with Crippen LogP contribution in [-0.4, -0.2) is 23.4 Å².